The fourth-order valence-corrected chi connectivity index (χ4v) is 1.99. The summed E-state index contributed by atoms with van der Waals surface area (Å²) >= 11 is 1.64. The van der Waals surface area contributed by atoms with Crippen molar-refractivity contribution < 1.29 is 9.21 Å². The molecule has 0 atom stereocenters. The molecule has 1 rings (SSSR count). The summed E-state index contributed by atoms with van der Waals surface area (Å²) in [6, 6.07) is 3.66. The van der Waals surface area contributed by atoms with E-state index in [1.807, 2.05) is 26.2 Å². The minimum Gasteiger partial charge on any atom is -0.467 e. The molecule has 1 N–H and O–H groups in total. The van der Waals surface area contributed by atoms with Crippen molar-refractivity contribution in [1.82, 2.24) is 10.2 Å². The van der Waals surface area contributed by atoms with E-state index in [-0.39, 0.29) is 5.91 Å². The normalized spacial score (nSPS) is 10.7. The van der Waals surface area contributed by atoms with Crippen molar-refractivity contribution in [3.63, 3.8) is 0 Å². The van der Waals surface area contributed by atoms with Crippen LogP contribution in [-0.2, 0) is 11.3 Å². The summed E-state index contributed by atoms with van der Waals surface area (Å²) < 4.78 is 5.11. The number of carbonyl (C=O) groups excluding carboxylic acids is 1. The Bertz CT molecular complexity index is 299. The van der Waals surface area contributed by atoms with E-state index in [4.69, 9.17) is 4.42 Å². The zero-order chi connectivity index (χ0) is 11.8. The molecule has 90 valence electrons. The number of carbonyl (C=O) groups is 1. The van der Waals surface area contributed by atoms with Gasteiger partial charge in [0.15, 0.2) is 0 Å². The zero-order valence-electron chi connectivity index (χ0n) is 9.73. The summed E-state index contributed by atoms with van der Waals surface area (Å²) in [6.07, 6.45) is 1.60. The van der Waals surface area contributed by atoms with Gasteiger partial charge in [0.05, 0.1) is 18.6 Å². The highest BCUT2D eigenvalue weighted by Crippen LogP contribution is 2.01. The Hall–Kier alpha value is -0.940. The second-order valence-corrected chi connectivity index (χ2v) is 4.82. The minimum atomic E-state index is 0.0557. The van der Waals surface area contributed by atoms with Crippen molar-refractivity contribution in [2.24, 2.45) is 0 Å². The van der Waals surface area contributed by atoms with Crippen molar-refractivity contribution >= 4 is 17.7 Å². The second kappa shape index (κ2) is 7.35. The summed E-state index contributed by atoms with van der Waals surface area (Å²) in [5.74, 6) is 2.32. The maximum absolute atomic E-state index is 11.4. The summed E-state index contributed by atoms with van der Waals surface area (Å²) in [6.45, 7) is 1.47. The maximum Gasteiger partial charge on any atom is 0.230 e. The first-order chi connectivity index (χ1) is 7.68. The Morgan fingerprint density at radius 2 is 2.38 bits per heavy atom. The van der Waals surface area contributed by atoms with Gasteiger partial charge >= 0.3 is 0 Å². The highest BCUT2D eigenvalue weighted by molar-refractivity contribution is 7.99. The SMILES string of the molecule is CN(C)CCSCC(=O)NCc1ccco1. The van der Waals surface area contributed by atoms with Gasteiger partial charge in [-0.2, -0.15) is 11.8 Å². The number of nitrogens with one attached hydrogen (secondary N) is 1. The molecule has 1 aromatic heterocycles. The lowest BCUT2D eigenvalue weighted by Crippen LogP contribution is -2.25. The van der Waals surface area contributed by atoms with Crippen LogP contribution in [0, 0.1) is 0 Å². The van der Waals surface area contributed by atoms with Gasteiger partial charge in [-0.25, -0.2) is 0 Å². The van der Waals surface area contributed by atoms with Crippen LogP contribution in [0.1, 0.15) is 5.76 Å². The summed E-state index contributed by atoms with van der Waals surface area (Å²) in [4.78, 5) is 13.5. The lowest BCUT2D eigenvalue weighted by atomic mass is 10.4. The summed E-state index contributed by atoms with van der Waals surface area (Å²) in [5.41, 5.74) is 0. The molecule has 0 spiro atoms. The number of hydrogen-bond donors (Lipinski definition) is 1. The van der Waals surface area contributed by atoms with Gasteiger partial charge in [-0.3, -0.25) is 4.79 Å². The van der Waals surface area contributed by atoms with Gasteiger partial charge in [0.1, 0.15) is 5.76 Å². The molecule has 1 amide bonds. The van der Waals surface area contributed by atoms with Gasteiger partial charge < -0.3 is 14.6 Å². The first-order valence-electron chi connectivity index (χ1n) is 5.20. The van der Waals surface area contributed by atoms with Crippen molar-refractivity contribution in [3.05, 3.63) is 24.2 Å². The van der Waals surface area contributed by atoms with Crippen LogP contribution in [0.15, 0.2) is 22.8 Å². The van der Waals surface area contributed by atoms with Crippen LogP contribution in [0.3, 0.4) is 0 Å². The maximum atomic E-state index is 11.4. The minimum absolute atomic E-state index is 0.0557. The molecule has 4 nitrogen and oxygen atoms in total. The van der Waals surface area contributed by atoms with Gasteiger partial charge in [0.2, 0.25) is 5.91 Å². The van der Waals surface area contributed by atoms with Crippen LogP contribution in [0.2, 0.25) is 0 Å². The van der Waals surface area contributed by atoms with Crippen LogP contribution in [0.25, 0.3) is 0 Å². The van der Waals surface area contributed by atoms with Gasteiger partial charge in [0, 0.05) is 12.3 Å². The van der Waals surface area contributed by atoms with Crippen LogP contribution in [-0.4, -0.2) is 43.0 Å². The number of nitrogens with zero attached hydrogens (tertiary/aromatic N) is 1. The molecule has 0 saturated carbocycles. The van der Waals surface area contributed by atoms with Crippen molar-refractivity contribution in [2.75, 3.05) is 32.1 Å². The van der Waals surface area contributed by atoms with Crippen LogP contribution < -0.4 is 5.32 Å². The topological polar surface area (TPSA) is 45.5 Å². The number of hydrogen-bond acceptors (Lipinski definition) is 4. The standard InChI is InChI=1S/C11H18N2O2S/c1-13(2)5-7-16-9-11(14)12-8-10-4-3-6-15-10/h3-4,6H,5,7-9H2,1-2H3,(H,12,14). The van der Waals surface area contributed by atoms with Crippen LogP contribution in [0.5, 0.6) is 0 Å². The molecular formula is C11H18N2O2S. The fraction of sp³-hybridized carbons (Fsp3) is 0.545. The van der Waals surface area contributed by atoms with E-state index in [1.165, 1.54) is 0 Å². The average Bonchev–Trinajstić information content (AvgIpc) is 2.74. The molecule has 0 fully saturated rings. The van der Waals surface area contributed by atoms with E-state index < -0.39 is 0 Å². The molecule has 0 aliphatic heterocycles. The smallest absolute Gasteiger partial charge is 0.230 e. The fourth-order valence-electron chi connectivity index (χ4n) is 1.06. The third kappa shape index (κ3) is 5.82. The number of thioether (sulfide) groups is 1. The van der Waals surface area contributed by atoms with Gasteiger partial charge in [-0.1, -0.05) is 0 Å². The summed E-state index contributed by atoms with van der Waals surface area (Å²) in [5, 5.41) is 2.81. The Labute approximate surface area is 100 Å². The van der Waals surface area contributed by atoms with Gasteiger partial charge in [-0.15, -0.1) is 0 Å². The van der Waals surface area contributed by atoms with E-state index in [2.05, 4.69) is 10.2 Å². The van der Waals surface area contributed by atoms with Crippen molar-refractivity contribution in [3.8, 4) is 0 Å². The first-order valence-corrected chi connectivity index (χ1v) is 6.35. The highest BCUT2D eigenvalue weighted by Gasteiger charge is 2.02. The number of amides is 1. The lowest BCUT2D eigenvalue weighted by Gasteiger charge is -2.08. The quantitative estimate of drug-likeness (QED) is 0.730. The molecule has 1 aromatic rings. The molecule has 0 unspecified atom stereocenters. The van der Waals surface area contributed by atoms with Gasteiger partial charge in [-0.05, 0) is 26.2 Å². The molecule has 0 saturated heterocycles. The number of furan rings is 1. The third-order valence-corrected chi connectivity index (χ3v) is 2.89. The molecule has 16 heavy (non-hydrogen) atoms. The Kier molecular flexibility index (Phi) is 6.03. The van der Waals surface area contributed by atoms with Gasteiger partial charge in [0.25, 0.3) is 0 Å². The van der Waals surface area contributed by atoms with Crippen LogP contribution in [0.4, 0.5) is 0 Å². The number of rotatable bonds is 7. The zero-order valence-corrected chi connectivity index (χ0v) is 10.5. The van der Waals surface area contributed by atoms with Crippen molar-refractivity contribution in [1.29, 1.82) is 0 Å². The molecular weight excluding hydrogens is 224 g/mol. The largest absolute Gasteiger partial charge is 0.467 e. The first kappa shape index (κ1) is 13.1. The van der Waals surface area contributed by atoms with E-state index in [0.29, 0.717) is 12.3 Å². The highest BCUT2D eigenvalue weighted by atomic mass is 32.2. The molecule has 0 aliphatic rings. The Morgan fingerprint density at radius 3 is 3.00 bits per heavy atom. The molecule has 5 heteroatoms. The Balaban J connectivity index is 2.03. The predicted molar refractivity (Wildman–Crippen MR) is 66.4 cm³/mol. The average molecular weight is 242 g/mol. The molecule has 0 bridgehead atoms. The molecule has 0 aromatic carbocycles. The van der Waals surface area contributed by atoms with E-state index >= 15 is 0 Å². The second-order valence-electron chi connectivity index (χ2n) is 3.71. The third-order valence-electron chi connectivity index (χ3n) is 1.96. The molecule has 0 aliphatic carbocycles. The van der Waals surface area contributed by atoms with E-state index in [1.54, 1.807) is 18.0 Å². The molecule has 1 heterocycles. The van der Waals surface area contributed by atoms with Crippen LogP contribution >= 0.6 is 11.8 Å². The summed E-state index contributed by atoms with van der Waals surface area (Å²) in [7, 11) is 4.05. The van der Waals surface area contributed by atoms with E-state index in [0.717, 1.165) is 18.1 Å². The lowest BCUT2D eigenvalue weighted by molar-refractivity contribution is -0.118. The van der Waals surface area contributed by atoms with E-state index in [9.17, 15) is 4.79 Å². The molecule has 0 radical (unpaired) electrons. The van der Waals surface area contributed by atoms with Crippen molar-refractivity contribution in [2.45, 2.75) is 6.54 Å². The monoisotopic (exact) mass is 242 g/mol. The Morgan fingerprint density at radius 1 is 1.56 bits per heavy atom. The predicted octanol–water partition coefficient (Wildman–Crippen LogP) is 1.19.